The average Bonchev–Trinajstić information content (AvgIpc) is 2.97. The molecule has 1 N–H and O–H groups in total. The van der Waals surface area contributed by atoms with Crippen molar-refractivity contribution in [3.8, 4) is 11.3 Å². The maximum Gasteiger partial charge on any atom is 0.229 e. The monoisotopic (exact) mass is 286 g/mol. The van der Waals surface area contributed by atoms with Crippen LogP contribution in [0.5, 0.6) is 0 Å². The van der Waals surface area contributed by atoms with Gasteiger partial charge >= 0.3 is 0 Å². The van der Waals surface area contributed by atoms with Crippen LogP contribution in [0.2, 0.25) is 0 Å². The van der Waals surface area contributed by atoms with Gasteiger partial charge in [0.05, 0.1) is 5.69 Å². The summed E-state index contributed by atoms with van der Waals surface area (Å²) in [6.45, 7) is 6.30. The van der Waals surface area contributed by atoms with E-state index in [0.717, 1.165) is 17.7 Å². The zero-order valence-corrected chi connectivity index (χ0v) is 12.8. The largest absolute Gasteiger partial charge is 0.302 e. The number of thiazole rings is 1. The van der Waals surface area contributed by atoms with E-state index < -0.39 is 0 Å². The first-order chi connectivity index (χ1) is 9.54. The molecule has 3 rings (SSSR count). The molecule has 1 aromatic heterocycles. The van der Waals surface area contributed by atoms with Crippen LogP contribution in [-0.2, 0) is 4.79 Å². The number of aromatic nitrogens is 1. The molecule has 1 fully saturated rings. The van der Waals surface area contributed by atoms with Gasteiger partial charge in [-0.15, -0.1) is 11.3 Å². The summed E-state index contributed by atoms with van der Waals surface area (Å²) in [6, 6.07) is 6.32. The maximum atomic E-state index is 11.9. The first kappa shape index (κ1) is 13.3. The van der Waals surface area contributed by atoms with E-state index in [1.165, 1.54) is 22.5 Å². The van der Waals surface area contributed by atoms with E-state index in [9.17, 15) is 4.79 Å². The SMILES string of the molecule is Cc1ccc(-c2csc(NC(=O)C3CC3C)n2)cc1C. The van der Waals surface area contributed by atoms with Crippen LogP contribution in [0.1, 0.15) is 24.5 Å². The van der Waals surface area contributed by atoms with Gasteiger partial charge < -0.3 is 5.32 Å². The van der Waals surface area contributed by atoms with E-state index in [0.29, 0.717) is 11.0 Å². The molecule has 0 radical (unpaired) electrons. The van der Waals surface area contributed by atoms with Crippen LogP contribution in [0.25, 0.3) is 11.3 Å². The molecule has 4 heteroatoms. The second-order valence-electron chi connectivity index (χ2n) is 5.65. The van der Waals surface area contributed by atoms with Gasteiger partial charge in [-0.25, -0.2) is 4.98 Å². The van der Waals surface area contributed by atoms with Gasteiger partial charge in [-0.1, -0.05) is 19.1 Å². The quantitative estimate of drug-likeness (QED) is 0.926. The highest BCUT2D eigenvalue weighted by molar-refractivity contribution is 7.14. The predicted octanol–water partition coefficient (Wildman–Crippen LogP) is 4.02. The molecular weight excluding hydrogens is 268 g/mol. The molecule has 1 heterocycles. The molecule has 0 saturated heterocycles. The summed E-state index contributed by atoms with van der Waals surface area (Å²) < 4.78 is 0. The number of amides is 1. The van der Waals surface area contributed by atoms with Crippen LogP contribution in [0, 0.1) is 25.7 Å². The Hall–Kier alpha value is -1.68. The van der Waals surface area contributed by atoms with Crippen molar-refractivity contribution < 1.29 is 4.79 Å². The van der Waals surface area contributed by atoms with Crippen molar-refractivity contribution in [1.29, 1.82) is 0 Å². The number of carbonyl (C=O) groups excluding carboxylic acids is 1. The van der Waals surface area contributed by atoms with Gasteiger partial charge in [0, 0.05) is 16.9 Å². The molecule has 1 saturated carbocycles. The first-order valence-corrected chi connectivity index (χ1v) is 7.76. The molecule has 1 aromatic carbocycles. The molecule has 2 atom stereocenters. The highest BCUT2D eigenvalue weighted by Gasteiger charge is 2.39. The molecule has 2 aromatic rings. The van der Waals surface area contributed by atoms with Gasteiger partial charge in [-0.3, -0.25) is 4.79 Å². The van der Waals surface area contributed by atoms with E-state index in [2.05, 4.69) is 49.3 Å². The average molecular weight is 286 g/mol. The standard InChI is InChI=1S/C16H18N2OS/c1-9-4-5-12(6-10(9)2)14-8-20-16(17-14)18-15(19)13-7-11(13)3/h4-6,8,11,13H,7H2,1-3H3,(H,17,18,19). The number of benzene rings is 1. The topological polar surface area (TPSA) is 42.0 Å². The summed E-state index contributed by atoms with van der Waals surface area (Å²) in [5.41, 5.74) is 4.56. The number of aryl methyl sites for hydroxylation is 2. The zero-order chi connectivity index (χ0) is 14.3. The minimum atomic E-state index is 0.110. The number of nitrogens with zero attached hydrogens (tertiary/aromatic N) is 1. The van der Waals surface area contributed by atoms with Crippen molar-refractivity contribution in [1.82, 2.24) is 4.98 Å². The van der Waals surface area contributed by atoms with Crippen LogP contribution in [0.4, 0.5) is 5.13 Å². The Morgan fingerprint density at radius 1 is 1.35 bits per heavy atom. The van der Waals surface area contributed by atoms with Gasteiger partial charge in [-0.05, 0) is 43.4 Å². The maximum absolute atomic E-state index is 11.9. The van der Waals surface area contributed by atoms with Crippen molar-refractivity contribution >= 4 is 22.4 Å². The van der Waals surface area contributed by atoms with Gasteiger partial charge in [0.25, 0.3) is 0 Å². The third kappa shape index (κ3) is 2.61. The summed E-state index contributed by atoms with van der Waals surface area (Å²) in [7, 11) is 0. The van der Waals surface area contributed by atoms with Crippen LogP contribution >= 0.6 is 11.3 Å². The lowest BCUT2D eigenvalue weighted by atomic mass is 10.1. The highest BCUT2D eigenvalue weighted by Crippen LogP contribution is 2.38. The lowest BCUT2D eigenvalue weighted by Gasteiger charge is -2.02. The Labute approximate surface area is 123 Å². The minimum absolute atomic E-state index is 0.110. The van der Waals surface area contributed by atoms with Gasteiger partial charge in [0.1, 0.15) is 0 Å². The Morgan fingerprint density at radius 2 is 2.10 bits per heavy atom. The van der Waals surface area contributed by atoms with Crippen molar-refractivity contribution in [3.05, 3.63) is 34.7 Å². The molecule has 3 nitrogen and oxygen atoms in total. The van der Waals surface area contributed by atoms with Crippen molar-refractivity contribution in [2.45, 2.75) is 27.2 Å². The number of nitrogens with one attached hydrogen (secondary N) is 1. The predicted molar refractivity (Wildman–Crippen MR) is 82.9 cm³/mol. The molecule has 0 aliphatic heterocycles. The molecular formula is C16H18N2OS. The smallest absolute Gasteiger partial charge is 0.229 e. The van der Waals surface area contributed by atoms with E-state index in [1.807, 2.05) is 5.38 Å². The van der Waals surface area contributed by atoms with Crippen molar-refractivity contribution in [2.75, 3.05) is 5.32 Å². The zero-order valence-electron chi connectivity index (χ0n) is 11.9. The van der Waals surface area contributed by atoms with Crippen LogP contribution in [-0.4, -0.2) is 10.9 Å². The highest BCUT2D eigenvalue weighted by atomic mass is 32.1. The number of anilines is 1. The molecule has 104 valence electrons. The van der Waals surface area contributed by atoms with Crippen LogP contribution < -0.4 is 5.32 Å². The van der Waals surface area contributed by atoms with E-state index in [1.54, 1.807) is 0 Å². The molecule has 0 bridgehead atoms. The summed E-state index contributed by atoms with van der Waals surface area (Å²) in [4.78, 5) is 16.4. The van der Waals surface area contributed by atoms with E-state index in [4.69, 9.17) is 0 Å². The Kier molecular flexibility index (Phi) is 3.34. The fraction of sp³-hybridized carbons (Fsp3) is 0.375. The number of carbonyl (C=O) groups is 1. The minimum Gasteiger partial charge on any atom is -0.302 e. The first-order valence-electron chi connectivity index (χ1n) is 6.88. The van der Waals surface area contributed by atoms with Crippen LogP contribution in [0.3, 0.4) is 0 Å². The summed E-state index contributed by atoms with van der Waals surface area (Å²) in [5.74, 6) is 0.816. The van der Waals surface area contributed by atoms with Gasteiger partial charge in [-0.2, -0.15) is 0 Å². The van der Waals surface area contributed by atoms with Crippen LogP contribution in [0.15, 0.2) is 23.6 Å². The Bertz CT molecular complexity index is 662. The Balaban J connectivity index is 1.76. The third-order valence-electron chi connectivity index (χ3n) is 3.98. The van der Waals surface area contributed by atoms with Crippen molar-refractivity contribution in [2.24, 2.45) is 11.8 Å². The summed E-state index contributed by atoms with van der Waals surface area (Å²) >= 11 is 1.49. The lowest BCUT2D eigenvalue weighted by molar-refractivity contribution is -0.117. The molecule has 1 amide bonds. The number of rotatable bonds is 3. The van der Waals surface area contributed by atoms with Gasteiger partial charge in [0.2, 0.25) is 5.91 Å². The van der Waals surface area contributed by atoms with Crippen molar-refractivity contribution in [3.63, 3.8) is 0 Å². The molecule has 1 aliphatic rings. The summed E-state index contributed by atoms with van der Waals surface area (Å²) in [5, 5.41) is 5.61. The second kappa shape index (κ2) is 5.02. The fourth-order valence-corrected chi connectivity index (χ4v) is 2.97. The summed E-state index contributed by atoms with van der Waals surface area (Å²) in [6.07, 6.45) is 1.00. The molecule has 1 aliphatic carbocycles. The molecule has 20 heavy (non-hydrogen) atoms. The fourth-order valence-electron chi connectivity index (χ4n) is 2.25. The van der Waals surface area contributed by atoms with E-state index in [-0.39, 0.29) is 11.8 Å². The third-order valence-corrected chi connectivity index (χ3v) is 4.74. The second-order valence-corrected chi connectivity index (χ2v) is 6.50. The van der Waals surface area contributed by atoms with E-state index >= 15 is 0 Å². The number of hydrogen-bond donors (Lipinski definition) is 1. The normalized spacial score (nSPS) is 20.8. The Morgan fingerprint density at radius 3 is 2.75 bits per heavy atom. The van der Waals surface area contributed by atoms with Gasteiger partial charge in [0.15, 0.2) is 5.13 Å². The molecule has 0 spiro atoms. The molecule has 2 unspecified atom stereocenters. The lowest BCUT2D eigenvalue weighted by Crippen LogP contribution is -2.14. The number of hydrogen-bond acceptors (Lipinski definition) is 3.